The number of hydrogen-bond acceptors (Lipinski definition) is 2. The van der Waals surface area contributed by atoms with E-state index in [1.54, 1.807) is 6.07 Å². The summed E-state index contributed by atoms with van der Waals surface area (Å²) in [5.74, 6) is 0.986. The van der Waals surface area contributed by atoms with Crippen LogP contribution in [0.15, 0.2) is 12.1 Å². The largest absolute Gasteiger partial charge is 0.506 e. The van der Waals surface area contributed by atoms with Crippen molar-refractivity contribution in [2.75, 3.05) is 5.32 Å². The lowest BCUT2D eigenvalue weighted by Gasteiger charge is -2.18. The van der Waals surface area contributed by atoms with Crippen molar-refractivity contribution in [2.24, 2.45) is 5.92 Å². The number of anilines is 1. The highest BCUT2D eigenvalue weighted by atomic mass is 35.5. The predicted molar refractivity (Wildman–Crippen MR) is 66.2 cm³/mol. The van der Waals surface area contributed by atoms with Crippen LogP contribution in [-0.2, 0) is 6.42 Å². The van der Waals surface area contributed by atoms with E-state index in [0.717, 1.165) is 23.6 Å². The van der Waals surface area contributed by atoms with E-state index in [1.807, 2.05) is 6.07 Å². The quantitative estimate of drug-likeness (QED) is 0.732. The van der Waals surface area contributed by atoms with E-state index in [0.29, 0.717) is 11.1 Å². The standard InChI is InChI=1S/C13H16ClNO/c14-13-9-7-11(8-3-1-2-4-8)15-10(9)5-6-12(13)16/h5-6,8,11,15-16H,1-4,7H2. The number of fused-ring (bicyclic) bond motifs is 1. The summed E-state index contributed by atoms with van der Waals surface area (Å²) < 4.78 is 0. The molecule has 1 fully saturated rings. The average molecular weight is 238 g/mol. The van der Waals surface area contributed by atoms with Crippen LogP contribution in [0.2, 0.25) is 5.02 Å². The smallest absolute Gasteiger partial charge is 0.134 e. The Morgan fingerprint density at radius 3 is 2.75 bits per heavy atom. The number of hydrogen-bond donors (Lipinski definition) is 2. The van der Waals surface area contributed by atoms with Crippen molar-refractivity contribution in [1.29, 1.82) is 0 Å². The molecule has 1 atom stereocenters. The molecular formula is C13H16ClNO. The van der Waals surface area contributed by atoms with Crippen LogP contribution in [0.3, 0.4) is 0 Å². The highest BCUT2D eigenvalue weighted by Gasteiger charge is 2.31. The minimum atomic E-state index is 0.203. The number of benzene rings is 1. The van der Waals surface area contributed by atoms with Gasteiger partial charge in [-0.1, -0.05) is 24.4 Å². The van der Waals surface area contributed by atoms with Crippen LogP contribution in [0.1, 0.15) is 31.2 Å². The summed E-state index contributed by atoms with van der Waals surface area (Å²) in [5, 5.41) is 13.7. The predicted octanol–water partition coefficient (Wildman–Crippen LogP) is 3.57. The maximum absolute atomic E-state index is 9.58. The highest BCUT2D eigenvalue weighted by Crippen LogP contribution is 2.41. The van der Waals surface area contributed by atoms with Gasteiger partial charge in [-0.15, -0.1) is 0 Å². The van der Waals surface area contributed by atoms with Gasteiger partial charge in [0.2, 0.25) is 0 Å². The second kappa shape index (κ2) is 3.85. The van der Waals surface area contributed by atoms with Crippen molar-refractivity contribution in [3.05, 3.63) is 22.7 Å². The first-order valence-corrected chi connectivity index (χ1v) is 6.40. The molecule has 0 saturated heterocycles. The topological polar surface area (TPSA) is 32.3 Å². The molecule has 2 nitrogen and oxygen atoms in total. The van der Waals surface area contributed by atoms with Gasteiger partial charge in [0.1, 0.15) is 5.75 Å². The van der Waals surface area contributed by atoms with Gasteiger partial charge in [-0.25, -0.2) is 0 Å². The van der Waals surface area contributed by atoms with Crippen LogP contribution in [0.25, 0.3) is 0 Å². The molecule has 1 aromatic rings. The average Bonchev–Trinajstić information content (AvgIpc) is 2.91. The van der Waals surface area contributed by atoms with E-state index in [1.165, 1.54) is 25.7 Å². The summed E-state index contributed by atoms with van der Waals surface area (Å²) in [7, 11) is 0. The summed E-state index contributed by atoms with van der Waals surface area (Å²) in [6.45, 7) is 0. The Balaban J connectivity index is 1.85. The summed E-state index contributed by atoms with van der Waals surface area (Å²) in [4.78, 5) is 0. The van der Waals surface area contributed by atoms with Crippen molar-refractivity contribution in [1.82, 2.24) is 0 Å². The molecule has 0 radical (unpaired) electrons. The highest BCUT2D eigenvalue weighted by molar-refractivity contribution is 6.33. The third kappa shape index (κ3) is 1.56. The van der Waals surface area contributed by atoms with Gasteiger partial charge in [-0.2, -0.15) is 0 Å². The molecule has 1 heterocycles. The van der Waals surface area contributed by atoms with Crippen molar-refractivity contribution >= 4 is 17.3 Å². The van der Waals surface area contributed by atoms with Crippen molar-refractivity contribution in [2.45, 2.75) is 38.1 Å². The minimum Gasteiger partial charge on any atom is -0.506 e. The van der Waals surface area contributed by atoms with E-state index >= 15 is 0 Å². The zero-order valence-electron chi connectivity index (χ0n) is 9.17. The Labute approximate surface area is 101 Å². The maximum Gasteiger partial charge on any atom is 0.134 e. The molecule has 1 saturated carbocycles. The van der Waals surface area contributed by atoms with Gasteiger partial charge in [-0.05, 0) is 42.9 Å². The molecular weight excluding hydrogens is 222 g/mol. The van der Waals surface area contributed by atoms with Crippen molar-refractivity contribution in [3.63, 3.8) is 0 Å². The Hall–Kier alpha value is -0.890. The number of nitrogens with one attached hydrogen (secondary N) is 1. The van der Waals surface area contributed by atoms with Gasteiger partial charge in [-0.3, -0.25) is 0 Å². The zero-order valence-corrected chi connectivity index (χ0v) is 9.93. The van der Waals surface area contributed by atoms with Crippen molar-refractivity contribution < 1.29 is 5.11 Å². The monoisotopic (exact) mass is 237 g/mol. The molecule has 0 amide bonds. The first-order chi connectivity index (χ1) is 7.75. The zero-order chi connectivity index (χ0) is 11.1. The summed E-state index contributed by atoms with van der Waals surface area (Å²) in [6.07, 6.45) is 6.34. The van der Waals surface area contributed by atoms with Gasteiger partial charge in [0.05, 0.1) is 5.02 Å². The van der Waals surface area contributed by atoms with E-state index in [4.69, 9.17) is 11.6 Å². The number of halogens is 1. The molecule has 1 aromatic carbocycles. The van der Waals surface area contributed by atoms with E-state index in [2.05, 4.69) is 5.32 Å². The van der Waals surface area contributed by atoms with Gasteiger partial charge < -0.3 is 10.4 Å². The normalized spacial score (nSPS) is 24.4. The molecule has 2 aliphatic rings. The lowest BCUT2D eigenvalue weighted by molar-refractivity contribution is 0.463. The first kappa shape index (κ1) is 10.3. The Bertz CT molecular complexity index is 413. The fraction of sp³-hybridized carbons (Fsp3) is 0.538. The van der Waals surface area contributed by atoms with Gasteiger partial charge >= 0.3 is 0 Å². The summed E-state index contributed by atoms with van der Waals surface area (Å²) >= 11 is 6.12. The number of rotatable bonds is 1. The fourth-order valence-corrected chi connectivity index (χ4v) is 3.30. The summed E-state index contributed by atoms with van der Waals surface area (Å²) in [5.41, 5.74) is 2.21. The van der Waals surface area contributed by atoms with Crippen LogP contribution in [0, 0.1) is 5.92 Å². The van der Waals surface area contributed by atoms with Crippen LogP contribution in [0.4, 0.5) is 5.69 Å². The third-order valence-corrected chi connectivity index (χ3v) is 4.38. The molecule has 86 valence electrons. The van der Waals surface area contributed by atoms with Gasteiger partial charge in [0.25, 0.3) is 0 Å². The number of phenolic OH excluding ortho intramolecular Hbond substituents is 1. The second-order valence-corrected chi connectivity index (χ2v) is 5.30. The Kier molecular flexibility index (Phi) is 2.47. The molecule has 1 aliphatic carbocycles. The first-order valence-electron chi connectivity index (χ1n) is 6.02. The fourth-order valence-electron chi connectivity index (χ4n) is 3.06. The molecule has 0 spiro atoms. The molecule has 3 rings (SSSR count). The van der Waals surface area contributed by atoms with Crippen LogP contribution >= 0.6 is 11.6 Å². The molecule has 0 bridgehead atoms. The molecule has 1 unspecified atom stereocenters. The van der Waals surface area contributed by atoms with Crippen molar-refractivity contribution in [3.8, 4) is 5.75 Å². The molecule has 1 aliphatic heterocycles. The third-order valence-electron chi connectivity index (χ3n) is 3.96. The minimum absolute atomic E-state index is 0.203. The van der Waals surface area contributed by atoms with E-state index in [9.17, 15) is 5.11 Å². The van der Waals surface area contributed by atoms with Crippen LogP contribution < -0.4 is 5.32 Å². The molecule has 0 aromatic heterocycles. The lowest BCUT2D eigenvalue weighted by Crippen LogP contribution is -2.24. The SMILES string of the molecule is Oc1ccc2c(c1Cl)CC(C1CCCC1)N2. The molecule has 2 N–H and O–H groups in total. The number of phenols is 1. The Morgan fingerprint density at radius 2 is 2.00 bits per heavy atom. The van der Waals surface area contributed by atoms with Crippen LogP contribution in [0.5, 0.6) is 5.75 Å². The Morgan fingerprint density at radius 1 is 1.25 bits per heavy atom. The molecule has 3 heteroatoms. The maximum atomic E-state index is 9.58. The van der Waals surface area contributed by atoms with Crippen LogP contribution in [-0.4, -0.2) is 11.1 Å². The van der Waals surface area contributed by atoms with Gasteiger partial charge in [0.15, 0.2) is 0 Å². The summed E-state index contributed by atoms with van der Waals surface area (Å²) in [6, 6.07) is 4.13. The molecule has 16 heavy (non-hydrogen) atoms. The number of aromatic hydroxyl groups is 1. The lowest BCUT2D eigenvalue weighted by atomic mass is 9.95. The second-order valence-electron chi connectivity index (χ2n) is 4.92. The van der Waals surface area contributed by atoms with E-state index in [-0.39, 0.29) is 5.75 Å². The van der Waals surface area contributed by atoms with E-state index < -0.39 is 0 Å². The van der Waals surface area contributed by atoms with Gasteiger partial charge in [0, 0.05) is 11.7 Å².